The predicted octanol–water partition coefficient (Wildman–Crippen LogP) is 0.655. The molecule has 0 aliphatic carbocycles. The topological polar surface area (TPSA) is 69.8 Å². The number of rotatable bonds is 2. The average molecular weight is 230 g/mol. The standard InChI is InChI=1S/C12H14N4O/c17-12(16-8-4-5-13-6-8)9-2-1-3-10-11(9)15-7-14-10/h1-3,7-8,13H,4-6H2,(H,14,15)(H,16,17). The van der Waals surface area contributed by atoms with Crippen molar-refractivity contribution in [2.24, 2.45) is 0 Å². The Morgan fingerprint density at radius 2 is 2.41 bits per heavy atom. The van der Waals surface area contributed by atoms with Gasteiger partial charge >= 0.3 is 0 Å². The van der Waals surface area contributed by atoms with Crippen LogP contribution in [0.4, 0.5) is 0 Å². The van der Waals surface area contributed by atoms with E-state index >= 15 is 0 Å². The normalized spacial score (nSPS) is 19.6. The molecule has 0 spiro atoms. The van der Waals surface area contributed by atoms with Crippen LogP contribution in [0.5, 0.6) is 0 Å². The predicted molar refractivity (Wildman–Crippen MR) is 64.8 cm³/mol. The lowest BCUT2D eigenvalue weighted by atomic mass is 10.1. The highest BCUT2D eigenvalue weighted by atomic mass is 16.1. The van der Waals surface area contributed by atoms with E-state index in [2.05, 4.69) is 20.6 Å². The first-order chi connectivity index (χ1) is 8.34. The second kappa shape index (κ2) is 4.18. The minimum atomic E-state index is -0.0450. The van der Waals surface area contributed by atoms with Crippen LogP contribution in [0.2, 0.25) is 0 Å². The maximum Gasteiger partial charge on any atom is 0.253 e. The third-order valence-electron chi connectivity index (χ3n) is 3.09. The first kappa shape index (κ1) is 10.3. The van der Waals surface area contributed by atoms with E-state index in [-0.39, 0.29) is 11.9 Å². The van der Waals surface area contributed by atoms with Crippen LogP contribution in [0.3, 0.4) is 0 Å². The van der Waals surface area contributed by atoms with Crippen LogP contribution >= 0.6 is 0 Å². The van der Waals surface area contributed by atoms with E-state index < -0.39 is 0 Å². The zero-order chi connectivity index (χ0) is 11.7. The highest BCUT2D eigenvalue weighted by molar-refractivity contribution is 6.04. The van der Waals surface area contributed by atoms with Gasteiger partial charge in [0.2, 0.25) is 0 Å². The number of aromatic amines is 1. The van der Waals surface area contributed by atoms with Crippen LogP contribution in [0, 0.1) is 0 Å². The molecule has 1 amide bonds. The van der Waals surface area contributed by atoms with Crippen molar-refractivity contribution >= 4 is 16.9 Å². The van der Waals surface area contributed by atoms with Gasteiger partial charge in [0.25, 0.3) is 5.91 Å². The number of carbonyl (C=O) groups excluding carboxylic acids is 1. The number of nitrogens with zero attached hydrogens (tertiary/aromatic N) is 1. The number of nitrogens with one attached hydrogen (secondary N) is 3. The Balaban J connectivity index is 1.87. The lowest BCUT2D eigenvalue weighted by Gasteiger charge is -2.11. The fraction of sp³-hybridized carbons (Fsp3) is 0.333. The number of imidazole rings is 1. The summed E-state index contributed by atoms with van der Waals surface area (Å²) < 4.78 is 0. The Hall–Kier alpha value is -1.88. The van der Waals surface area contributed by atoms with Gasteiger partial charge in [-0.3, -0.25) is 4.79 Å². The first-order valence-corrected chi connectivity index (χ1v) is 5.78. The molecule has 1 aromatic heterocycles. The van der Waals surface area contributed by atoms with Gasteiger partial charge in [-0.05, 0) is 25.1 Å². The molecule has 1 aliphatic heterocycles. The lowest BCUT2D eigenvalue weighted by molar-refractivity contribution is 0.0941. The van der Waals surface area contributed by atoms with Crippen LogP contribution < -0.4 is 10.6 Å². The van der Waals surface area contributed by atoms with E-state index in [1.54, 1.807) is 12.4 Å². The van der Waals surface area contributed by atoms with Crippen molar-refractivity contribution in [3.63, 3.8) is 0 Å². The second-order valence-electron chi connectivity index (χ2n) is 4.27. The Labute approximate surface area is 98.6 Å². The van der Waals surface area contributed by atoms with Gasteiger partial charge in [0.15, 0.2) is 0 Å². The Bertz CT molecular complexity index is 542. The van der Waals surface area contributed by atoms with Crippen LogP contribution in [0.1, 0.15) is 16.8 Å². The van der Waals surface area contributed by atoms with E-state index in [0.29, 0.717) is 5.56 Å². The van der Waals surface area contributed by atoms with Gasteiger partial charge in [-0.25, -0.2) is 4.98 Å². The molecule has 0 bridgehead atoms. The summed E-state index contributed by atoms with van der Waals surface area (Å²) in [4.78, 5) is 19.3. The van der Waals surface area contributed by atoms with Gasteiger partial charge < -0.3 is 15.6 Å². The minimum absolute atomic E-state index is 0.0450. The minimum Gasteiger partial charge on any atom is -0.348 e. The molecule has 1 saturated heterocycles. The molecule has 5 heteroatoms. The largest absolute Gasteiger partial charge is 0.348 e. The van der Waals surface area contributed by atoms with Crippen molar-refractivity contribution in [1.29, 1.82) is 0 Å². The van der Waals surface area contributed by atoms with Crippen molar-refractivity contribution in [1.82, 2.24) is 20.6 Å². The third-order valence-corrected chi connectivity index (χ3v) is 3.09. The molecule has 17 heavy (non-hydrogen) atoms. The van der Waals surface area contributed by atoms with Gasteiger partial charge in [-0.15, -0.1) is 0 Å². The molecule has 0 saturated carbocycles. The number of benzene rings is 1. The molecule has 1 fully saturated rings. The highest BCUT2D eigenvalue weighted by Gasteiger charge is 2.19. The zero-order valence-electron chi connectivity index (χ0n) is 9.36. The Morgan fingerprint density at radius 1 is 1.47 bits per heavy atom. The molecule has 3 rings (SSSR count). The fourth-order valence-corrected chi connectivity index (χ4v) is 2.19. The average Bonchev–Trinajstić information content (AvgIpc) is 2.97. The van der Waals surface area contributed by atoms with E-state index in [4.69, 9.17) is 0 Å². The fourth-order valence-electron chi connectivity index (χ4n) is 2.19. The molecule has 1 unspecified atom stereocenters. The second-order valence-corrected chi connectivity index (χ2v) is 4.27. The van der Waals surface area contributed by atoms with Crippen LogP contribution in [-0.4, -0.2) is 35.0 Å². The number of H-pyrrole nitrogens is 1. The number of carbonyl (C=O) groups is 1. The van der Waals surface area contributed by atoms with E-state index in [9.17, 15) is 4.79 Å². The summed E-state index contributed by atoms with van der Waals surface area (Å²) in [5, 5.41) is 6.25. The molecule has 1 aliphatic rings. The summed E-state index contributed by atoms with van der Waals surface area (Å²) in [6.45, 7) is 1.82. The summed E-state index contributed by atoms with van der Waals surface area (Å²) in [5.41, 5.74) is 2.26. The smallest absolute Gasteiger partial charge is 0.253 e. The summed E-state index contributed by atoms with van der Waals surface area (Å²) >= 11 is 0. The van der Waals surface area contributed by atoms with Crippen LogP contribution in [0.25, 0.3) is 11.0 Å². The van der Waals surface area contributed by atoms with E-state index in [1.807, 2.05) is 12.1 Å². The number of hydrogen-bond donors (Lipinski definition) is 3. The van der Waals surface area contributed by atoms with Gasteiger partial charge in [0.1, 0.15) is 5.52 Å². The number of aromatic nitrogens is 2. The summed E-state index contributed by atoms with van der Waals surface area (Å²) in [7, 11) is 0. The number of amides is 1. The molecule has 3 N–H and O–H groups in total. The van der Waals surface area contributed by atoms with Gasteiger partial charge in [0.05, 0.1) is 17.4 Å². The first-order valence-electron chi connectivity index (χ1n) is 5.78. The Kier molecular flexibility index (Phi) is 2.53. The number of para-hydroxylation sites is 1. The summed E-state index contributed by atoms with van der Waals surface area (Å²) in [6.07, 6.45) is 2.60. The molecule has 5 nitrogen and oxygen atoms in total. The van der Waals surface area contributed by atoms with E-state index in [1.165, 1.54) is 0 Å². The van der Waals surface area contributed by atoms with Crippen LogP contribution in [-0.2, 0) is 0 Å². The van der Waals surface area contributed by atoms with Crippen molar-refractivity contribution in [3.05, 3.63) is 30.1 Å². The zero-order valence-corrected chi connectivity index (χ0v) is 9.36. The monoisotopic (exact) mass is 230 g/mol. The number of hydrogen-bond acceptors (Lipinski definition) is 3. The summed E-state index contributed by atoms with van der Waals surface area (Å²) in [5.74, 6) is -0.0450. The van der Waals surface area contributed by atoms with Crippen molar-refractivity contribution in [2.75, 3.05) is 13.1 Å². The van der Waals surface area contributed by atoms with Gasteiger partial charge in [0, 0.05) is 12.6 Å². The van der Waals surface area contributed by atoms with Crippen molar-refractivity contribution in [3.8, 4) is 0 Å². The molecule has 1 aromatic carbocycles. The maximum absolute atomic E-state index is 12.1. The summed E-state index contributed by atoms with van der Waals surface area (Å²) in [6, 6.07) is 5.82. The molecular weight excluding hydrogens is 216 g/mol. The van der Waals surface area contributed by atoms with Crippen LogP contribution in [0.15, 0.2) is 24.5 Å². The molecule has 88 valence electrons. The number of fused-ring (bicyclic) bond motifs is 1. The maximum atomic E-state index is 12.1. The molecule has 0 radical (unpaired) electrons. The molecule has 2 aromatic rings. The van der Waals surface area contributed by atoms with Crippen molar-refractivity contribution < 1.29 is 4.79 Å². The SMILES string of the molecule is O=C(NC1CCNC1)c1cccc2[nH]cnc12. The quantitative estimate of drug-likeness (QED) is 0.709. The molecule has 2 heterocycles. The molecular formula is C12H14N4O. The van der Waals surface area contributed by atoms with E-state index in [0.717, 1.165) is 30.5 Å². The lowest BCUT2D eigenvalue weighted by Crippen LogP contribution is -2.36. The Morgan fingerprint density at radius 3 is 3.24 bits per heavy atom. The third kappa shape index (κ3) is 1.89. The molecule has 1 atom stereocenters. The van der Waals surface area contributed by atoms with Crippen molar-refractivity contribution in [2.45, 2.75) is 12.5 Å². The van der Waals surface area contributed by atoms with Gasteiger partial charge in [-0.2, -0.15) is 0 Å². The highest BCUT2D eigenvalue weighted by Crippen LogP contribution is 2.14. The van der Waals surface area contributed by atoms with Gasteiger partial charge in [-0.1, -0.05) is 6.07 Å².